The highest BCUT2D eigenvalue weighted by Crippen LogP contribution is 2.26. The SMILES string of the molecule is CC[Si](CC)(CC)CC=C(C)CCC=C(C)C. The summed E-state index contributed by atoms with van der Waals surface area (Å²) in [5, 5.41) is 0. The molecule has 0 aliphatic carbocycles. The van der Waals surface area contributed by atoms with Crippen LogP contribution >= 0.6 is 0 Å². The fourth-order valence-corrected chi connectivity index (χ4v) is 5.41. The van der Waals surface area contributed by atoms with Gasteiger partial charge < -0.3 is 0 Å². The average molecular weight is 253 g/mol. The highest BCUT2D eigenvalue weighted by Gasteiger charge is 2.24. The second-order valence-corrected chi connectivity index (χ2v) is 11.2. The highest BCUT2D eigenvalue weighted by molar-refractivity contribution is 6.80. The van der Waals surface area contributed by atoms with Gasteiger partial charge in [0.25, 0.3) is 0 Å². The molecule has 0 saturated carbocycles. The van der Waals surface area contributed by atoms with Crippen molar-refractivity contribution in [3.8, 4) is 0 Å². The Balaban J connectivity index is 4.25. The summed E-state index contributed by atoms with van der Waals surface area (Å²) < 4.78 is 0. The summed E-state index contributed by atoms with van der Waals surface area (Å²) in [6.07, 6.45) is 7.35. The summed E-state index contributed by atoms with van der Waals surface area (Å²) in [6, 6.07) is 5.73. The van der Waals surface area contributed by atoms with E-state index >= 15 is 0 Å². The van der Waals surface area contributed by atoms with Crippen molar-refractivity contribution in [1.82, 2.24) is 0 Å². The third-order valence-corrected chi connectivity index (χ3v) is 9.79. The van der Waals surface area contributed by atoms with Crippen molar-refractivity contribution < 1.29 is 0 Å². The molecule has 0 radical (unpaired) electrons. The summed E-state index contributed by atoms with van der Waals surface area (Å²) in [5.41, 5.74) is 3.03. The minimum absolute atomic E-state index is 0.933. The van der Waals surface area contributed by atoms with Gasteiger partial charge in [0.15, 0.2) is 0 Å². The van der Waals surface area contributed by atoms with Gasteiger partial charge in [-0.05, 0) is 39.7 Å². The first-order chi connectivity index (χ1) is 7.99. The molecule has 0 saturated heterocycles. The summed E-state index contributed by atoms with van der Waals surface area (Å²) >= 11 is 0. The largest absolute Gasteiger partial charge is 0.0882 e. The van der Waals surface area contributed by atoms with E-state index in [0.717, 1.165) is 0 Å². The van der Waals surface area contributed by atoms with Crippen LogP contribution in [0.2, 0.25) is 24.2 Å². The van der Waals surface area contributed by atoms with E-state index < -0.39 is 8.07 Å². The standard InChI is InChI=1S/C16H32Si/c1-7-17(8-2,9-3)14-13-16(6)12-10-11-15(4)5/h11,13H,7-10,12,14H2,1-6H3. The van der Waals surface area contributed by atoms with E-state index in [0.29, 0.717) is 0 Å². The molecule has 0 fully saturated rings. The molecule has 0 nitrogen and oxygen atoms in total. The zero-order valence-electron chi connectivity index (χ0n) is 12.9. The Morgan fingerprint density at radius 3 is 1.82 bits per heavy atom. The third-order valence-electron chi connectivity index (χ3n) is 4.22. The molecular formula is C16H32Si. The molecule has 0 aromatic rings. The maximum Gasteiger partial charge on any atom is 0.0565 e. The van der Waals surface area contributed by atoms with E-state index in [-0.39, 0.29) is 0 Å². The average Bonchev–Trinajstić information content (AvgIpc) is 2.31. The van der Waals surface area contributed by atoms with Crippen molar-refractivity contribution in [1.29, 1.82) is 0 Å². The molecule has 0 bridgehead atoms. The maximum absolute atomic E-state index is 2.54. The van der Waals surface area contributed by atoms with Crippen molar-refractivity contribution in [3.05, 3.63) is 23.3 Å². The molecule has 1 heteroatoms. The van der Waals surface area contributed by atoms with E-state index in [9.17, 15) is 0 Å². The summed E-state index contributed by atoms with van der Waals surface area (Å²) in [4.78, 5) is 0. The van der Waals surface area contributed by atoms with E-state index in [1.807, 2.05) is 0 Å². The molecule has 100 valence electrons. The Morgan fingerprint density at radius 1 is 0.882 bits per heavy atom. The van der Waals surface area contributed by atoms with Gasteiger partial charge in [-0.3, -0.25) is 0 Å². The molecule has 0 aliphatic heterocycles. The minimum atomic E-state index is -0.933. The van der Waals surface area contributed by atoms with Crippen molar-refractivity contribution in [2.24, 2.45) is 0 Å². The smallest absolute Gasteiger partial charge is 0.0565 e. The van der Waals surface area contributed by atoms with Crippen LogP contribution in [0, 0.1) is 0 Å². The quantitative estimate of drug-likeness (QED) is 0.357. The van der Waals surface area contributed by atoms with Crippen molar-refractivity contribution in [3.63, 3.8) is 0 Å². The van der Waals surface area contributed by atoms with Gasteiger partial charge in [0.2, 0.25) is 0 Å². The van der Waals surface area contributed by atoms with Crippen LogP contribution in [0.25, 0.3) is 0 Å². The van der Waals surface area contributed by atoms with Crippen LogP contribution in [0.5, 0.6) is 0 Å². The normalized spacial score (nSPS) is 12.7. The van der Waals surface area contributed by atoms with Gasteiger partial charge in [0.05, 0.1) is 8.07 Å². The van der Waals surface area contributed by atoms with E-state index in [2.05, 4.69) is 53.7 Å². The molecule has 0 atom stereocenters. The molecule has 0 spiro atoms. The van der Waals surface area contributed by atoms with Crippen LogP contribution in [-0.4, -0.2) is 8.07 Å². The van der Waals surface area contributed by atoms with Gasteiger partial charge in [-0.2, -0.15) is 0 Å². The van der Waals surface area contributed by atoms with Gasteiger partial charge in [0, 0.05) is 0 Å². The van der Waals surface area contributed by atoms with Crippen LogP contribution in [0.1, 0.15) is 54.4 Å². The third kappa shape index (κ3) is 6.87. The first kappa shape index (κ1) is 16.7. The van der Waals surface area contributed by atoms with Crippen molar-refractivity contribution in [2.45, 2.75) is 78.6 Å². The lowest BCUT2D eigenvalue weighted by atomic mass is 10.1. The van der Waals surface area contributed by atoms with Gasteiger partial charge in [-0.25, -0.2) is 0 Å². The van der Waals surface area contributed by atoms with Crippen molar-refractivity contribution >= 4 is 8.07 Å². The molecule has 0 amide bonds. The Hall–Kier alpha value is -0.303. The Bertz CT molecular complexity index is 244. The molecule has 0 aromatic carbocycles. The second kappa shape index (κ2) is 8.74. The number of rotatable bonds is 8. The lowest BCUT2D eigenvalue weighted by molar-refractivity contribution is 0.960. The molecule has 0 N–H and O–H groups in total. The van der Waals surface area contributed by atoms with Gasteiger partial charge in [-0.15, -0.1) is 0 Å². The maximum atomic E-state index is 2.54. The zero-order chi connectivity index (χ0) is 13.3. The first-order valence-electron chi connectivity index (χ1n) is 7.28. The lowest BCUT2D eigenvalue weighted by Crippen LogP contribution is -2.30. The van der Waals surface area contributed by atoms with E-state index in [1.165, 1.54) is 42.6 Å². The minimum Gasteiger partial charge on any atom is -0.0882 e. The predicted molar refractivity (Wildman–Crippen MR) is 84.4 cm³/mol. The number of hydrogen-bond donors (Lipinski definition) is 0. The summed E-state index contributed by atoms with van der Waals surface area (Å²) in [7, 11) is -0.933. The molecule has 0 aromatic heterocycles. The van der Waals surface area contributed by atoms with Crippen LogP contribution in [0.15, 0.2) is 23.3 Å². The van der Waals surface area contributed by atoms with Crippen LogP contribution in [-0.2, 0) is 0 Å². The number of hydrogen-bond acceptors (Lipinski definition) is 0. The van der Waals surface area contributed by atoms with Gasteiger partial charge in [-0.1, -0.05) is 62.2 Å². The highest BCUT2D eigenvalue weighted by atomic mass is 28.3. The molecule has 0 rings (SSSR count). The summed E-state index contributed by atoms with van der Waals surface area (Å²) in [5.74, 6) is 0. The fourth-order valence-electron chi connectivity index (χ4n) is 2.26. The van der Waals surface area contributed by atoms with E-state index in [4.69, 9.17) is 0 Å². The van der Waals surface area contributed by atoms with Crippen LogP contribution < -0.4 is 0 Å². The van der Waals surface area contributed by atoms with Crippen LogP contribution in [0.4, 0.5) is 0 Å². The second-order valence-electron chi connectivity index (χ2n) is 5.64. The Kier molecular flexibility index (Phi) is 8.58. The monoisotopic (exact) mass is 252 g/mol. The van der Waals surface area contributed by atoms with E-state index in [1.54, 1.807) is 5.57 Å². The van der Waals surface area contributed by atoms with Crippen molar-refractivity contribution in [2.75, 3.05) is 0 Å². The summed E-state index contributed by atoms with van der Waals surface area (Å²) in [6.45, 7) is 13.9. The van der Waals surface area contributed by atoms with Crippen LogP contribution in [0.3, 0.4) is 0 Å². The molecular weight excluding hydrogens is 220 g/mol. The molecule has 0 heterocycles. The fraction of sp³-hybridized carbons (Fsp3) is 0.750. The topological polar surface area (TPSA) is 0 Å². The van der Waals surface area contributed by atoms with Gasteiger partial charge >= 0.3 is 0 Å². The molecule has 0 aliphatic rings. The number of allylic oxidation sites excluding steroid dienone is 4. The Morgan fingerprint density at radius 2 is 1.41 bits per heavy atom. The molecule has 0 unspecified atom stereocenters. The zero-order valence-corrected chi connectivity index (χ0v) is 13.9. The predicted octanol–water partition coefficient (Wildman–Crippen LogP) is 6.19. The first-order valence-corrected chi connectivity index (χ1v) is 10.1. The Labute approximate surface area is 110 Å². The lowest BCUT2D eigenvalue weighted by Gasteiger charge is -2.26. The van der Waals surface area contributed by atoms with Gasteiger partial charge in [0.1, 0.15) is 0 Å². The molecule has 17 heavy (non-hydrogen) atoms.